The second-order valence-electron chi connectivity index (χ2n) is 9.86. The highest BCUT2D eigenvalue weighted by molar-refractivity contribution is 5.92. The average molecular weight is 346 g/mol. The molecule has 0 unspecified atom stereocenters. The lowest BCUT2D eigenvalue weighted by Crippen LogP contribution is -2.62. The average Bonchev–Trinajstić information content (AvgIpc) is 2.89. The molecule has 4 aliphatic rings. The van der Waals surface area contributed by atoms with Crippen molar-refractivity contribution in [2.75, 3.05) is 0 Å². The largest absolute Gasteiger partial charge is 0.300 e. The molecule has 3 heteroatoms. The first-order valence-electron chi connectivity index (χ1n) is 10.1. The van der Waals surface area contributed by atoms with Crippen molar-refractivity contribution in [1.82, 2.24) is 0 Å². The predicted molar refractivity (Wildman–Crippen MR) is 95.8 cm³/mol. The Balaban J connectivity index is 1.77. The fraction of sp³-hybridized carbons (Fsp3) is 0.818. The van der Waals surface area contributed by atoms with Crippen LogP contribution in [-0.2, 0) is 9.59 Å². The van der Waals surface area contributed by atoms with Crippen LogP contribution in [0.25, 0.3) is 0 Å². The van der Waals surface area contributed by atoms with Crippen LogP contribution in [0.1, 0.15) is 72.6 Å². The molecule has 2 nitrogen and oxygen atoms in total. The van der Waals surface area contributed by atoms with Gasteiger partial charge >= 0.3 is 0 Å². The lowest BCUT2D eigenvalue weighted by atomic mass is 9.43. The summed E-state index contributed by atoms with van der Waals surface area (Å²) in [5.41, 5.74) is -0.693. The second-order valence-corrected chi connectivity index (χ2v) is 9.86. The fourth-order valence-electron chi connectivity index (χ4n) is 7.51. The Hall–Kier alpha value is -0.990. The maximum atomic E-state index is 16.7. The van der Waals surface area contributed by atoms with Gasteiger partial charge in [0.15, 0.2) is 5.78 Å². The number of carbonyl (C=O) groups is 2. The molecule has 3 fully saturated rings. The van der Waals surface area contributed by atoms with Crippen LogP contribution < -0.4 is 0 Å². The summed E-state index contributed by atoms with van der Waals surface area (Å²) in [7, 11) is 0. The molecule has 0 aliphatic heterocycles. The van der Waals surface area contributed by atoms with E-state index in [1.807, 2.05) is 0 Å². The molecule has 25 heavy (non-hydrogen) atoms. The molecule has 0 aromatic rings. The van der Waals surface area contributed by atoms with Gasteiger partial charge in [-0.05, 0) is 74.7 Å². The first kappa shape index (κ1) is 17.4. The van der Waals surface area contributed by atoms with Crippen LogP contribution in [0, 0.1) is 34.5 Å². The molecule has 4 aliphatic carbocycles. The summed E-state index contributed by atoms with van der Waals surface area (Å²) in [6.07, 6.45) is 6.98. The Morgan fingerprint density at radius 3 is 2.56 bits per heavy atom. The molecule has 0 bridgehead atoms. The van der Waals surface area contributed by atoms with Crippen molar-refractivity contribution in [3.05, 3.63) is 11.6 Å². The van der Waals surface area contributed by atoms with E-state index in [0.29, 0.717) is 25.2 Å². The number of allylic oxidation sites excluding steroid dienone is 1. The molecule has 138 valence electrons. The number of halogens is 1. The minimum atomic E-state index is -1.22. The van der Waals surface area contributed by atoms with Gasteiger partial charge in [0, 0.05) is 17.8 Å². The number of hydrogen-bond donors (Lipinski definition) is 0. The first-order chi connectivity index (χ1) is 11.6. The van der Waals surface area contributed by atoms with Gasteiger partial charge in [0.25, 0.3) is 0 Å². The van der Waals surface area contributed by atoms with Crippen molar-refractivity contribution in [3.63, 3.8) is 0 Å². The highest BCUT2D eigenvalue weighted by atomic mass is 19.1. The molecule has 0 N–H and O–H groups in total. The van der Waals surface area contributed by atoms with Gasteiger partial charge in [-0.15, -0.1) is 0 Å². The molecule has 0 aromatic heterocycles. The molecule has 0 spiro atoms. The Bertz CT molecular complexity index is 667. The second kappa shape index (κ2) is 5.27. The monoisotopic (exact) mass is 346 g/mol. The van der Waals surface area contributed by atoms with Gasteiger partial charge in [0.1, 0.15) is 11.5 Å². The molecule has 4 rings (SSSR count). The molecule has 3 saturated carbocycles. The van der Waals surface area contributed by atoms with E-state index in [-0.39, 0.29) is 34.7 Å². The summed E-state index contributed by atoms with van der Waals surface area (Å²) < 4.78 is 16.7. The van der Waals surface area contributed by atoms with Gasteiger partial charge in [-0.2, -0.15) is 0 Å². The lowest BCUT2D eigenvalue weighted by molar-refractivity contribution is -0.158. The summed E-state index contributed by atoms with van der Waals surface area (Å²) in [6, 6.07) is 0. The zero-order valence-corrected chi connectivity index (χ0v) is 16.0. The van der Waals surface area contributed by atoms with E-state index >= 15 is 4.39 Å². The summed E-state index contributed by atoms with van der Waals surface area (Å²) >= 11 is 0. The van der Waals surface area contributed by atoms with Gasteiger partial charge < -0.3 is 0 Å². The van der Waals surface area contributed by atoms with Gasteiger partial charge in [-0.3, -0.25) is 9.59 Å². The Morgan fingerprint density at radius 1 is 1.16 bits per heavy atom. The van der Waals surface area contributed by atoms with Crippen molar-refractivity contribution in [2.45, 2.75) is 78.3 Å². The van der Waals surface area contributed by atoms with E-state index in [1.54, 1.807) is 13.0 Å². The topological polar surface area (TPSA) is 34.1 Å². The van der Waals surface area contributed by atoms with Crippen molar-refractivity contribution >= 4 is 11.6 Å². The third-order valence-corrected chi connectivity index (χ3v) is 8.88. The van der Waals surface area contributed by atoms with E-state index in [4.69, 9.17) is 0 Å². The molecule has 0 heterocycles. The minimum Gasteiger partial charge on any atom is -0.300 e. The van der Waals surface area contributed by atoms with Gasteiger partial charge in [-0.1, -0.05) is 26.3 Å². The van der Waals surface area contributed by atoms with Crippen LogP contribution in [-0.4, -0.2) is 17.2 Å². The number of Topliss-reactive ketones (excluding diaryl/α,β-unsaturated/α-hetero) is 1. The van der Waals surface area contributed by atoms with Crippen LogP contribution in [0.2, 0.25) is 0 Å². The summed E-state index contributed by atoms with van der Waals surface area (Å²) in [6.45, 7) is 8.21. The predicted octanol–water partition coefficient (Wildman–Crippen LogP) is 5.06. The number of hydrogen-bond acceptors (Lipinski definition) is 2. The Labute approximate surface area is 150 Å². The molecule has 0 aromatic carbocycles. The highest BCUT2D eigenvalue weighted by Crippen LogP contribution is 2.70. The Kier molecular flexibility index (Phi) is 3.67. The van der Waals surface area contributed by atoms with Crippen LogP contribution >= 0.6 is 0 Å². The SMILES string of the molecule is CC(=O)[C@H]1CC[C@H]2[C@@H]3C[C@H](C)C4=CC(=O)CC[C@]4(C)[C@@]3(F)CC[C@]12C. The van der Waals surface area contributed by atoms with Crippen LogP contribution in [0.5, 0.6) is 0 Å². The summed E-state index contributed by atoms with van der Waals surface area (Å²) in [4.78, 5) is 24.2. The zero-order valence-electron chi connectivity index (χ0n) is 16.0. The highest BCUT2D eigenvalue weighted by Gasteiger charge is 2.68. The molecule has 7 atom stereocenters. The smallest absolute Gasteiger partial charge is 0.155 e. The standard InChI is InChI=1S/C22H31FO2/c1-13-11-19-17-6-5-16(14(2)24)20(17,3)9-10-22(19,23)21(4)8-7-15(25)12-18(13)21/h12-13,16-17,19H,5-11H2,1-4H3/t13-,16+,17-,19-,20+,21-,22+/m0/s1. The third kappa shape index (κ3) is 2.07. The van der Waals surface area contributed by atoms with Crippen molar-refractivity contribution in [3.8, 4) is 0 Å². The maximum Gasteiger partial charge on any atom is 0.155 e. The van der Waals surface area contributed by atoms with Crippen molar-refractivity contribution in [1.29, 1.82) is 0 Å². The molecule has 0 radical (unpaired) electrons. The van der Waals surface area contributed by atoms with E-state index in [9.17, 15) is 9.59 Å². The number of rotatable bonds is 1. The normalized spacial score (nSPS) is 52.0. The molecule has 0 saturated heterocycles. The van der Waals surface area contributed by atoms with Crippen LogP contribution in [0.15, 0.2) is 11.6 Å². The van der Waals surface area contributed by atoms with Gasteiger partial charge in [0.05, 0.1) is 0 Å². The fourth-order valence-corrected chi connectivity index (χ4v) is 7.51. The molecular formula is C22H31FO2. The summed E-state index contributed by atoms with van der Waals surface area (Å²) in [5.74, 6) is 1.16. The minimum absolute atomic E-state index is 0.0287. The quantitative estimate of drug-likeness (QED) is 0.665. The van der Waals surface area contributed by atoms with E-state index < -0.39 is 11.1 Å². The number of ketones is 2. The van der Waals surface area contributed by atoms with Crippen LogP contribution in [0.3, 0.4) is 0 Å². The lowest BCUT2D eigenvalue weighted by Gasteiger charge is -2.62. The zero-order chi connectivity index (χ0) is 18.2. The van der Waals surface area contributed by atoms with Crippen LogP contribution in [0.4, 0.5) is 4.39 Å². The number of carbonyl (C=O) groups excluding carboxylic acids is 2. The number of fused-ring (bicyclic) bond motifs is 5. The van der Waals surface area contributed by atoms with E-state index in [1.165, 1.54) is 0 Å². The Morgan fingerprint density at radius 2 is 1.88 bits per heavy atom. The third-order valence-electron chi connectivity index (χ3n) is 8.88. The summed E-state index contributed by atoms with van der Waals surface area (Å²) in [5, 5.41) is 0. The van der Waals surface area contributed by atoms with Gasteiger partial charge in [0.2, 0.25) is 0 Å². The van der Waals surface area contributed by atoms with Crippen molar-refractivity contribution < 1.29 is 14.0 Å². The van der Waals surface area contributed by atoms with Crippen molar-refractivity contribution in [2.24, 2.45) is 34.5 Å². The van der Waals surface area contributed by atoms with E-state index in [2.05, 4.69) is 20.8 Å². The maximum absolute atomic E-state index is 16.7. The van der Waals surface area contributed by atoms with Gasteiger partial charge in [-0.25, -0.2) is 4.39 Å². The first-order valence-corrected chi connectivity index (χ1v) is 10.1. The number of alkyl halides is 1. The molecule has 0 amide bonds. The molecular weight excluding hydrogens is 315 g/mol. The van der Waals surface area contributed by atoms with E-state index in [0.717, 1.165) is 31.3 Å².